The lowest BCUT2D eigenvalue weighted by Crippen LogP contribution is -2.30. The number of amides is 1. The van der Waals surface area contributed by atoms with Crippen molar-refractivity contribution < 1.29 is 13.6 Å². The normalized spacial score (nSPS) is 16.2. The van der Waals surface area contributed by atoms with E-state index < -0.39 is 0 Å². The van der Waals surface area contributed by atoms with Crippen LogP contribution in [-0.4, -0.2) is 26.2 Å². The van der Waals surface area contributed by atoms with Gasteiger partial charge in [-0.2, -0.15) is 0 Å². The highest BCUT2D eigenvalue weighted by Crippen LogP contribution is 2.36. The van der Waals surface area contributed by atoms with Gasteiger partial charge in [-0.3, -0.25) is 19.1 Å². The minimum atomic E-state index is -0.109. The van der Waals surface area contributed by atoms with Crippen LogP contribution in [0, 0.1) is 13.8 Å². The summed E-state index contributed by atoms with van der Waals surface area (Å²) in [5.74, 6) is 2.20. The molecule has 0 radical (unpaired) electrons. The Bertz CT molecular complexity index is 1430. The van der Waals surface area contributed by atoms with E-state index in [4.69, 9.17) is 21.1 Å². The fourth-order valence-corrected chi connectivity index (χ4v) is 5.83. The smallest absolute Gasteiger partial charge is 0.269 e. The van der Waals surface area contributed by atoms with Crippen molar-refractivity contribution in [3.05, 3.63) is 59.2 Å². The number of hydrogen-bond donors (Lipinski definition) is 0. The summed E-state index contributed by atoms with van der Waals surface area (Å²) in [6.45, 7) is 12.7. The first kappa shape index (κ1) is 22.6. The summed E-state index contributed by atoms with van der Waals surface area (Å²) in [5, 5.41) is 0. The Hall–Kier alpha value is -2.62. The number of thiazole rings is 1. The van der Waals surface area contributed by atoms with Gasteiger partial charge in [0, 0.05) is 25.2 Å². The molecule has 4 heterocycles. The van der Waals surface area contributed by atoms with Crippen molar-refractivity contribution in [1.82, 2.24) is 9.47 Å². The molecule has 0 aromatic carbocycles. The van der Waals surface area contributed by atoms with Crippen molar-refractivity contribution >= 4 is 64.3 Å². The Labute approximate surface area is 198 Å². The third-order valence-corrected chi connectivity index (χ3v) is 7.46. The number of thiocarbonyl (C=S) groups is 1. The number of furan rings is 2. The predicted octanol–water partition coefficient (Wildman–Crippen LogP) is 3.86. The molecule has 1 saturated heterocycles. The van der Waals surface area contributed by atoms with Gasteiger partial charge in [0.25, 0.3) is 11.5 Å². The van der Waals surface area contributed by atoms with Gasteiger partial charge in [0.15, 0.2) is 11.5 Å². The molecule has 1 aliphatic rings. The van der Waals surface area contributed by atoms with Crippen LogP contribution >= 0.6 is 35.3 Å². The van der Waals surface area contributed by atoms with Crippen LogP contribution in [0.1, 0.15) is 36.5 Å². The highest BCUT2D eigenvalue weighted by Gasteiger charge is 2.31. The van der Waals surface area contributed by atoms with Crippen molar-refractivity contribution in [2.24, 2.45) is 0 Å². The molecule has 3 aromatic heterocycles. The summed E-state index contributed by atoms with van der Waals surface area (Å²) in [7, 11) is 0. The molecule has 0 saturated carbocycles. The molecule has 0 bridgehead atoms. The van der Waals surface area contributed by atoms with Crippen LogP contribution in [0.5, 0.6) is 0 Å². The monoisotopic (exact) mass is 486 g/mol. The minimum Gasteiger partial charge on any atom is -0.453 e. The van der Waals surface area contributed by atoms with Gasteiger partial charge in [0.1, 0.15) is 15.8 Å². The highest BCUT2D eigenvalue weighted by atomic mass is 32.2. The Morgan fingerprint density at radius 3 is 2.12 bits per heavy atom. The van der Waals surface area contributed by atoms with Gasteiger partial charge < -0.3 is 8.83 Å². The molecule has 166 valence electrons. The molecule has 1 fully saturated rings. The molecular weight excluding hydrogens is 464 g/mol. The Morgan fingerprint density at radius 1 is 1.03 bits per heavy atom. The number of carbonyl (C=O) groups excluding carboxylic acids is 1. The number of nitrogens with zero attached hydrogens (tertiary/aromatic N) is 2. The highest BCUT2D eigenvalue weighted by molar-refractivity contribution is 8.26. The van der Waals surface area contributed by atoms with Crippen LogP contribution in [0.3, 0.4) is 0 Å². The molecule has 6 nitrogen and oxygen atoms in total. The van der Waals surface area contributed by atoms with Crippen LogP contribution in [0.2, 0.25) is 0 Å². The summed E-state index contributed by atoms with van der Waals surface area (Å²) in [4.78, 5) is 27.1. The number of carbonyl (C=O) groups is 1. The number of thioether (sulfide) groups is 1. The van der Waals surface area contributed by atoms with Gasteiger partial charge in [-0.15, -0.1) is 11.3 Å². The van der Waals surface area contributed by atoms with Gasteiger partial charge in [-0.05, 0) is 51.0 Å². The van der Waals surface area contributed by atoms with Crippen molar-refractivity contribution in [2.75, 3.05) is 6.54 Å². The Balaban J connectivity index is 1.70. The van der Waals surface area contributed by atoms with E-state index in [1.165, 1.54) is 23.1 Å². The van der Waals surface area contributed by atoms with Crippen LogP contribution in [0.4, 0.5) is 0 Å². The SMILES string of the molecule is C=c1s/c(=C\c2cc(C)c(-c3oc(/C=C4\SC(=S)N(CC)C4=O)cc3C)o2)c(=O)n1CC. The van der Waals surface area contributed by atoms with Crippen molar-refractivity contribution in [3.8, 4) is 11.5 Å². The first-order chi connectivity index (χ1) is 15.2. The van der Waals surface area contributed by atoms with Crippen molar-refractivity contribution in [3.63, 3.8) is 0 Å². The first-order valence-electron chi connectivity index (χ1n) is 10.1. The summed E-state index contributed by atoms with van der Waals surface area (Å²) in [6.07, 6.45) is 3.45. The second-order valence-corrected chi connectivity index (χ2v) is 10.1. The molecule has 32 heavy (non-hydrogen) atoms. The molecule has 0 atom stereocenters. The zero-order valence-electron chi connectivity index (χ0n) is 18.2. The number of likely N-dealkylation sites (N-methyl/N-ethyl adjacent to an activating group) is 1. The lowest BCUT2D eigenvalue weighted by molar-refractivity contribution is -0.121. The fourth-order valence-electron chi connectivity index (χ4n) is 3.52. The summed E-state index contributed by atoms with van der Waals surface area (Å²) in [6, 6.07) is 3.74. The van der Waals surface area contributed by atoms with Crippen LogP contribution in [0.15, 0.2) is 30.7 Å². The number of hydrogen-bond acceptors (Lipinski definition) is 7. The molecule has 1 amide bonds. The van der Waals surface area contributed by atoms with Gasteiger partial charge in [-0.1, -0.05) is 30.6 Å². The lowest BCUT2D eigenvalue weighted by atomic mass is 10.1. The predicted molar refractivity (Wildman–Crippen MR) is 134 cm³/mol. The number of aryl methyl sites for hydroxylation is 2. The largest absolute Gasteiger partial charge is 0.453 e. The van der Waals surface area contributed by atoms with Crippen LogP contribution in [-0.2, 0) is 11.3 Å². The van der Waals surface area contributed by atoms with Gasteiger partial charge in [0.05, 0.1) is 14.1 Å². The average Bonchev–Trinajstić information content (AvgIpc) is 3.42. The van der Waals surface area contributed by atoms with E-state index in [1.807, 2.05) is 39.8 Å². The summed E-state index contributed by atoms with van der Waals surface area (Å²) < 4.78 is 15.6. The minimum absolute atomic E-state index is 0.0704. The third kappa shape index (κ3) is 3.96. The van der Waals surface area contributed by atoms with E-state index in [0.717, 1.165) is 11.1 Å². The zero-order valence-corrected chi connectivity index (χ0v) is 20.6. The van der Waals surface area contributed by atoms with Gasteiger partial charge in [0.2, 0.25) is 0 Å². The van der Waals surface area contributed by atoms with Crippen molar-refractivity contribution in [1.29, 1.82) is 0 Å². The van der Waals surface area contributed by atoms with E-state index in [1.54, 1.807) is 21.6 Å². The molecule has 0 unspecified atom stereocenters. The number of rotatable bonds is 5. The van der Waals surface area contributed by atoms with Crippen LogP contribution < -0.4 is 14.8 Å². The molecule has 0 spiro atoms. The second-order valence-electron chi connectivity index (χ2n) is 7.30. The van der Waals surface area contributed by atoms with Crippen molar-refractivity contribution in [2.45, 2.75) is 34.2 Å². The first-order valence-corrected chi connectivity index (χ1v) is 12.1. The fraction of sp³-hybridized carbons (Fsp3) is 0.261. The maximum atomic E-state index is 12.5. The Morgan fingerprint density at radius 2 is 1.62 bits per heavy atom. The van der Waals surface area contributed by atoms with Crippen LogP contribution in [0.25, 0.3) is 30.3 Å². The maximum absolute atomic E-state index is 12.5. The van der Waals surface area contributed by atoms with E-state index in [-0.39, 0.29) is 11.5 Å². The number of aromatic nitrogens is 1. The standard InChI is InChI=1S/C23H22N2O4S3/c1-6-24-14(5)31-17(21(24)26)10-15-8-12(3)19(28-15)20-13(4)9-16(29-20)11-18-22(27)25(7-2)23(30)32-18/h8-11H,5-7H2,1-4H3/b17-10-,18-11-. The van der Waals surface area contributed by atoms with Gasteiger partial charge in [-0.25, -0.2) is 0 Å². The third-order valence-electron chi connectivity index (χ3n) is 5.12. The molecule has 1 aliphatic heterocycles. The molecular formula is C23H22N2O4S3. The van der Waals surface area contributed by atoms with E-state index in [9.17, 15) is 9.59 Å². The average molecular weight is 487 g/mol. The quantitative estimate of drug-likeness (QED) is 0.403. The van der Waals surface area contributed by atoms with E-state index in [0.29, 0.717) is 54.6 Å². The van der Waals surface area contributed by atoms with E-state index >= 15 is 0 Å². The summed E-state index contributed by atoms with van der Waals surface area (Å²) >= 11 is 7.88. The molecule has 3 aromatic rings. The van der Waals surface area contributed by atoms with E-state index in [2.05, 4.69) is 6.58 Å². The second kappa shape index (κ2) is 8.73. The molecule has 0 N–H and O–H groups in total. The maximum Gasteiger partial charge on any atom is 0.269 e. The van der Waals surface area contributed by atoms with Gasteiger partial charge >= 0.3 is 0 Å². The molecule has 9 heteroatoms. The Kier molecular flexibility index (Phi) is 6.15. The zero-order chi connectivity index (χ0) is 23.2. The molecule has 4 rings (SSSR count). The lowest BCUT2D eigenvalue weighted by Gasteiger charge is -2.09. The summed E-state index contributed by atoms with van der Waals surface area (Å²) in [5.41, 5.74) is 1.70. The topological polar surface area (TPSA) is 68.6 Å². The molecule has 0 aliphatic carbocycles.